The summed E-state index contributed by atoms with van der Waals surface area (Å²) < 4.78 is 0. The number of aromatic amines is 1. The van der Waals surface area contributed by atoms with E-state index in [9.17, 15) is 9.90 Å². The first-order valence-corrected chi connectivity index (χ1v) is 9.57. The molecule has 1 aliphatic heterocycles. The molecule has 4 N–H and O–H groups in total. The number of aromatic nitrogens is 1. The molecule has 4 rings (SSSR count). The molecule has 7 nitrogen and oxygen atoms in total. The molecule has 1 aliphatic rings. The van der Waals surface area contributed by atoms with Crippen LogP contribution in [0.15, 0.2) is 59.9 Å². The molecule has 0 saturated carbocycles. The van der Waals surface area contributed by atoms with Gasteiger partial charge in [-0.25, -0.2) is 4.99 Å². The number of rotatable bonds is 4. The fourth-order valence-corrected chi connectivity index (χ4v) is 3.61. The second-order valence-electron chi connectivity index (χ2n) is 7.28. The lowest BCUT2D eigenvalue weighted by atomic mass is 10.00. The van der Waals surface area contributed by atoms with Crippen LogP contribution in [0.2, 0.25) is 0 Å². The van der Waals surface area contributed by atoms with E-state index >= 15 is 0 Å². The van der Waals surface area contributed by atoms with Gasteiger partial charge in [0.25, 0.3) is 5.91 Å². The number of aliphatic imine (C=N–C) groups is 1. The van der Waals surface area contributed by atoms with Crippen LogP contribution in [0.25, 0.3) is 10.8 Å². The van der Waals surface area contributed by atoms with Crippen LogP contribution in [0.3, 0.4) is 0 Å². The van der Waals surface area contributed by atoms with Gasteiger partial charge in [-0.1, -0.05) is 12.1 Å². The fourth-order valence-electron chi connectivity index (χ4n) is 3.61. The highest BCUT2D eigenvalue weighted by atomic mass is 16.3. The van der Waals surface area contributed by atoms with Crippen molar-refractivity contribution in [1.29, 1.82) is 5.26 Å². The highest BCUT2D eigenvalue weighted by molar-refractivity contribution is 6.11. The number of fused-ring (bicyclic) bond motifs is 1. The molecular weight excluding hydrogens is 378 g/mol. The molecule has 0 radical (unpaired) electrons. The number of amides is 1. The Hall–Kier alpha value is -4.05. The van der Waals surface area contributed by atoms with Crippen LogP contribution in [0.1, 0.15) is 21.6 Å². The monoisotopic (exact) mass is 399 g/mol. The maximum Gasteiger partial charge on any atom is 0.255 e. The number of nitrogens with one attached hydrogen (secondary N) is 1. The molecule has 7 heteroatoms. The minimum Gasteiger partial charge on any atom is -0.507 e. The van der Waals surface area contributed by atoms with Crippen LogP contribution in [-0.2, 0) is 0 Å². The van der Waals surface area contributed by atoms with Crippen molar-refractivity contribution < 1.29 is 9.90 Å². The Bertz CT molecular complexity index is 1230. The van der Waals surface area contributed by atoms with Crippen LogP contribution < -0.4 is 5.73 Å². The number of phenolic OH excluding ortho intramolecular Hbond substituents is 1. The molecule has 0 atom stereocenters. The van der Waals surface area contributed by atoms with Gasteiger partial charge in [-0.2, -0.15) is 5.26 Å². The molecule has 2 heterocycles. The molecule has 30 heavy (non-hydrogen) atoms. The van der Waals surface area contributed by atoms with Gasteiger partial charge in [-0.15, -0.1) is 0 Å². The number of hydrogen-bond donors (Lipinski definition) is 3. The van der Waals surface area contributed by atoms with E-state index in [4.69, 9.17) is 16.0 Å². The van der Waals surface area contributed by atoms with Crippen molar-refractivity contribution in [1.82, 2.24) is 9.88 Å². The number of nitrogens with two attached hydrogens (primary N) is 1. The summed E-state index contributed by atoms with van der Waals surface area (Å²) in [6.07, 6.45) is 4.75. The van der Waals surface area contributed by atoms with E-state index in [1.165, 1.54) is 6.20 Å². The number of nitriles is 1. The lowest BCUT2D eigenvalue weighted by Gasteiger charge is -2.35. The number of carbonyl (C=O) groups is 1. The maximum atomic E-state index is 12.7. The molecule has 0 spiro atoms. The van der Waals surface area contributed by atoms with E-state index in [0.717, 1.165) is 16.3 Å². The second-order valence-corrected chi connectivity index (χ2v) is 7.28. The Morgan fingerprint density at radius 2 is 2.17 bits per heavy atom. The summed E-state index contributed by atoms with van der Waals surface area (Å²) in [6, 6.07) is 13.0. The molecule has 150 valence electrons. The Kier molecular flexibility index (Phi) is 4.98. The van der Waals surface area contributed by atoms with Crippen molar-refractivity contribution in [2.45, 2.75) is 6.92 Å². The van der Waals surface area contributed by atoms with Crippen molar-refractivity contribution in [3.05, 3.63) is 71.7 Å². The van der Waals surface area contributed by atoms with E-state index in [-0.39, 0.29) is 17.6 Å². The molecule has 1 amide bonds. The molecule has 0 aliphatic carbocycles. The largest absolute Gasteiger partial charge is 0.507 e. The molecular formula is C23H21N5O2. The van der Waals surface area contributed by atoms with E-state index < -0.39 is 0 Å². The molecule has 1 fully saturated rings. The normalized spacial score (nSPS) is 14.8. The molecule has 1 aromatic heterocycles. The number of hydrogen-bond acceptors (Lipinski definition) is 5. The average molecular weight is 399 g/mol. The number of aromatic hydroxyl groups is 1. The molecule has 0 unspecified atom stereocenters. The smallest absolute Gasteiger partial charge is 0.255 e. The van der Waals surface area contributed by atoms with Gasteiger partial charge in [0, 0.05) is 24.7 Å². The van der Waals surface area contributed by atoms with E-state index in [1.54, 1.807) is 29.3 Å². The zero-order chi connectivity index (χ0) is 21.3. The topological polar surface area (TPSA) is 118 Å². The van der Waals surface area contributed by atoms with Gasteiger partial charge in [0.05, 0.1) is 34.6 Å². The maximum absolute atomic E-state index is 12.7. The average Bonchev–Trinajstić information content (AvgIpc) is 3.08. The second kappa shape index (κ2) is 7.76. The molecule has 0 bridgehead atoms. The van der Waals surface area contributed by atoms with Crippen LogP contribution in [0.5, 0.6) is 5.75 Å². The lowest BCUT2D eigenvalue weighted by Crippen LogP contribution is -2.49. The lowest BCUT2D eigenvalue weighted by molar-refractivity contribution is 0.0577. The predicted molar refractivity (Wildman–Crippen MR) is 116 cm³/mol. The summed E-state index contributed by atoms with van der Waals surface area (Å²) >= 11 is 0. The van der Waals surface area contributed by atoms with Crippen LogP contribution >= 0.6 is 0 Å². The first kappa shape index (κ1) is 19.3. The highest BCUT2D eigenvalue weighted by Gasteiger charge is 2.32. The third-order valence-corrected chi connectivity index (χ3v) is 5.32. The SMILES string of the molecule is Cc1c(C(=O)N2CC(C#N)C2)c[nH]c1C(/C=C\N)=Nc1ccc2c(O)cccc2c1. The number of likely N-dealkylation sites (tertiary alicyclic amines) is 1. The van der Waals surface area contributed by atoms with Gasteiger partial charge >= 0.3 is 0 Å². The van der Waals surface area contributed by atoms with E-state index in [2.05, 4.69) is 11.1 Å². The van der Waals surface area contributed by atoms with Crippen molar-refractivity contribution in [3.63, 3.8) is 0 Å². The molecule has 1 saturated heterocycles. The third kappa shape index (κ3) is 3.40. The minimum atomic E-state index is -0.0984. The quantitative estimate of drug-likeness (QED) is 0.583. The van der Waals surface area contributed by atoms with Gasteiger partial charge < -0.3 is 20.7 Å². The minimum absolute atomic E-state index is 0.0858. The number of carbonyl (C=O) groups excluding carboxylic acids is 1. The van der Waals surface area contributed by atoms with E-state index in [0.29, 0.717) is 35.7 Å². The number of nitrogens with zero attached hydrogens (tertiary/aromatic N) is 3. The van der Waals surface area contributed by atoms with Crippen LogP contribution in [0.4, 0.5) is 5.69 Å². The van der Waals surface area contributed by atoms with Crippen molar-refractivity contribution in [3.8, 4) is 11.8 Å². The van der Waals surface area contributed by atoms with E-state index in [1.807, 2.05) is 31.2 Å². The van der Waals surface area contributed by atoms with Crippen molar-refractivity contribution >= 4 is 28.1 Å². The zero-order valence-electron chi connectivity index (χ0n) is 16.5. The summed E-state index contributed by atoms with van der Waals surface area (Å²) in [5, 5.41) is 20.5. The summed E-state index contributed by atoms with van der Waals surface area (Å²) in [6.45, 7) is 2.78. The van der Waals surface area contributed by atoms with Gasteiger partial charge in [0.15, 0.2) is 0 Å². The standard InChI is InChI=1S/C23H21N5O2/c1-14-19(23(30)28-12-15(10-25)13-28)11-26-22(14)20(7-8-24)27-17-5-6-18-16(9-17)3-2-4-21(18)29/h2-9,11,15,26,29H,12-13,24H2,1H3/b8-7-,27-20?. The number of phenols is 1. The van der Waals surface area contributed by atoms with Crippen molar-refractivity contribution in [2.75, 3.05) is 13.1 Å². The Labute approximate surface area is 173 Å². The van der Waals surface area contributed by atoms with Crippen LogP contribution in [0, 0.1) is 24.2 Å². The zero-order valence-corrected chi connectivity index (χ0v) is 16.5. The first-order chi connectivity index (χ1) is 14.5. The predicted octanol–water partition coefficient (Wildman–Crippen LogP) is 3.37. The van der Waals surface area contributed by atoms with Gasteiger partial charge in [0.2, 0.25) is 0 Å². The highest BCUT2D eigenvalue weighted by Crippen LogP contribution is 2.29. The Balaban J connectivity index is 1.68. The molecule has 2 aromatic carbocycles. The Morgan fingerprint density at radius 1 is 1.37 bits per heavy atom. The van der Waals surface area contributed by atoms with Gasteiger partial charge in [0.1, 0.15) is 5.75 Å². The van der Waals surface area contributed by atoms with Crippen LogP contribution in [-0.4, -0.2) is 39.7 Å². The number of H-pyrrole nitrogens is 1. The third-order valence-electron chi connectivity index (χ3n) is 5.32. The number of allylic oxidation sites excluding steroid dienone is 1. The Morgan fingerprint density at radius 3 is 2.90 bits per heavy atom. The summed E-state index contributed by atoms with van der Waals surface area (Å²) in [7, 11) is 0. The summed E-state index contributed by atoms with van der Waals surface area (Å²) in [5.41, 5.74) is 8.96. The number of benzene rings is 2. The first-order valence-electron chi connectivity index (χ1n) is 9.57. The molecule has 3 aromatic rings. The summed E-state index contributed by atoms with van der Waals surface area (Å²) in [4.78, 5) is 22.2. The van der Waals surface area contributed by atoms with Crippen molar-refractivity contribution in [2.24, 2.45) is 16.6 Å². The van der Waals surface area contributed by atoms with Gasteiger partial charge in [-0.3, -0.25) is 4.79 Å². The van der Waals surface area contributed by atoms with Gasteiger partial charge in [-0.05, 0) is 54.4 Å². The fraction of sp³-hybridized carbons (Fsp3) is 0.174. The summed E-state index contributed by atoms with van der Waals surface area (Å²) in [5.74, 6) is 0.0363.